The molecule has 0 spiro atoms. The Morgan fingerprint density at radius 2 is 2.06 bits per heavy atom. The molecule has 0 bridgehead atoms. The Bertz CT molecular complexity index is 227. The van der Waals surface area contributed by atoms with Crippen LogP contribution in [0, 0.1) is 0 Å². The van der Waals surface area contributed by atoms with Gasteiger partial charge in [-0.3, -0.25) is 4.79 Å². The van der Waals surface area contributed by atoms with Gasteiger partial charge in [0.25, 0.3) is 0 Å². The molecule has 1 rings (SSSR count). The van der Waals surface area contributed by atoms with Crippen molar-refractivity contribution in [3.05, 3.63) is 0 Å². The molecule has 1 aliphatic rings. The Labute approximate surface area is 103 Å². The maximum atomic E-state index is 11.9. The second-order valence-electron chi connectivity index (χ2n) is 5.00. The molecule has 0 unspecified atom stereocenters. The molecule has 1 fully saturated rings. The second kappa shape index (κ2) is 6.50. The third-order valence-electron chi connectivity index (χ3n) is 3.35. The van der Waals surface area contributed by atoms with Gasteiger partial charge in [0.15, 0.2) is 0 Å². The maximum Gasteiger partial charge on any atom is 0.237 e. The van der Waals surface area contributed by atoms with E-state index < -0.39 is 0 Å². The summed E-state index contributed by atoms with van der Waals surface area (Å²) in [5, 5.41) is 3.13. The molecule has 94 valence electrons. The van der Waals surface area contributed by atoms with Crippen LogP contribution in [0.4, 0.5) is 0 Å². The lowest BCUT2D eigenvalue weighted by molar-refractivity contribution is -0.124. The first-order valence-electron chi connectivity index (χ1n) is 6.14. The lowest BCUT2D eigenvalue weighted by Gasteiger charge is -2.35. The fraction of sp³-hybridized carbons (Fsp3) is 0.917. The summed E-state index contributed by atoms with van der Waals surface area (Å²) in [5.41, 5.74) is 5.85. The van der Waals surface area contributed by atoms with Gasteiger partial charge >= 0.3 is 0 Å². The normalized spacial score (nSPS) is 21.4. The molecule has 1 saturated carbocycles. The monoisotopic (exact) mass is 244 g/mol. The van der Waals surface area contributed by atoms with E-state index >= 15 is 0 Å². The fourth-order valence-electron chi connectivity index (χ4n) is 2.22. The van der Waals surface area contributed by atoms with E-state index in [4.69, 9.17) is 5.73 Å². The van der Waals surface area contributed by atoms with Crippen LogP contribution in [0.25, 0.3) is 0 Å². The minimum atomic E-state index is -0.341. The largest absolute Gasteiger partial charge is 0.350 e. The highest BCUT2D eigenvalue weighted by Crippen LogP contribution is 2.27. The number of nitrogens with two attached hydrogens (primary N) is 1. The number of hydrogen-bond donors (Lipinski definition) is 2. The molecule has 1 aliphatic carbocycles. The van der Waals surface area contributed by atoms with Gasteiger partial charge in [0, 0.05) is 5.54 Å². The highest BCUT2D eigenvalue weighted by molar-refractivity contribution is 7.98. The van der Waals surface area contributed by atoms with Gasteiger partial charge in [0.2, 0.25) is 5.91 Å². The molecule has 3 N–H and O–H groups in total. The molecule has 0 aromatic rings. The van der Waals surface area contributed by atoms with Crippen molar-refractivity contribution in [2.24, 2.45) is 5.73 Å². The molecule has 0 heterocycles. The van der Waals surface area contributed by atoms with E-state index in [1.54, 1.807) is 11.8 Å². The predicted molar refractivity (Wildman–Crippen MR) is 70.6 cm³/mol. The van der Waals surface area contributed by atoms with E-state index in [2.05, 4.69) is 12.2 Å². The minimum Gasteiger partial charge on any atom is -0.350 e. The maximum absolute atomic E-state index is 11.9. The van der Waals surface area contributed by atoms with Crippen molar-refractivity contribution >= 4 is 17.7 Å². The summed E-state index contributed by atoms with van der Waals surface area (Å²) in [7, 11) is 0. The SMILES string of the molecule is CSCC[C@@H](N)C(=O)NC1(C)CCCCC1. The van der Waals surface area contributed by atoms with Gasteiger partial charge in [-0.25, -0.2) is 0 Å². The Balaban J connectivity index is 2.36. The summed E-state index contributed by atoms with van der Waals surface area (Å²) < 4.78 is 0. The molecule has 0 aliphatic heterocycles. The van der Waals surface area contributed by atoms with Gasteiger partial charge in [0.1, 0.15) is 0 Å². The molecular weight excluding hydrogens is 220 g/mol. The minimum absolute atomic E-state index is 0.00763. The highest BCUT2D eigenvalue weighted by atomic mass is 32.2. The van der Waals surface area contributed by atoms with E-state index in [1.165, 1.54) is 19.3 Å². The number of carbonyl (C=O) groups is 1. The van der Waals surface area contributed by atoms with Crippen LogP contribution in [0.3, 0.4) is 0 Å². The van der Waals surface area contributed by atoms with Gasteiger partial charge in [0.05, 0.1) is 6.04 Å². The second-order valence-corrected chi connectivity index (χ2v) is 5.98. The highest BCUT2D eigenvalue weighted by Gasteiger charge is 2.29. The molecule has 0 aromatic heterocycles. The summed E-state index contributed by atoms with van der Waals surface area (Å²) in [6.07, 6.45) is 8.72. The van der Waals surface area contributed by atoms with Gasteiger partial charge < -0.3 is 11.1 Å². The van der Waals surface area contributed by atoms with E-state index in [0.29, 0.717) is 0 Å². The van der Waals surface area contributed by atoms with Crippen LogP contribution >= 0.6 is 11.8 Å². The van der Waals surface area contributed by atoms with Crippen LogP contribution in [0.5, 0.6) is 0 Å². The van der Waals surface area contributed by atoms with Crippen LogP contribution < -0.4 is 11.1 Å². The summed E-state index contributed by atoms with van der Waals surface area (Å²) in [5.74, 6) is 0.976. The van der Waals surface area contributed by atoms with Gasteiger partial charge in [-0.15, -0.1) is 0 Å². The number of carbonyl (C=O) groups excluding carboxylic acids is 1. The Hall–Kier alpha value is -0.220. The van der Waals surface area contributed by atoms with Gasteiger partial charge in [-0.1, -0.05) is 19.3 Å². The molecule has 16 heavy (non-hydrogen) atoms. The van der Waals surface area contributed by atoms with E-state index in [0.717, 1.165) is 25.0 Å². The number of thioether (sulfide) groups is 1. The zero-order chi connectivity index (χ0) is 12.0. The van der Waals surface area contributed by atoms with Crippen LogP contribution in [0.15, 0.2) is 0 Å². The number of nitrogens with one attached hydrogen (secondary N) is 1. The van der Waals surface area contributed by atoms with E-state index in [1.807, 2.05) is 6.26 Å². The van der Waals surface area contributed by atoms with Crippen LogP contribution in [0.2, 0.25) is 0 Å². The van der Waals surface area contributed by atoms with Crippen molar-refractivity contribution in [2.75, 3.05) is 12.0 Å². The third-order valence-corrected chi connectivity index (χ3v) is 4.00. The zero-order valence-electron chi connectivity index (χ0n) is 10.4. The van der Waals surface area contributed by atoms with Gasteiger partial charge in [-0.2, -0.15) is 11.8 Å². The van der Waals surface area contributed by atoms with Crippen LogP contribution in [-0.2, 0) is 4.79 Å². The summed E-state index contributed by atoms with van der Waals surface area (Å²) in [6, 6.07) is -0.341. The topological polar surface area (TPSA) is 55.1 Å². The summed E-state index contributed by atoms with van der Waals surface area (Å²) in [4.78, 5) is 11.9. The molecule has 1 amide bonds. The Morgan fingerprint density at radius 1 is 1.44 bits per heavy atom. The molecule has 4 heteroatoms. The lowest BCUT2D eigenvalue weighted by atomic mass is 9.83. The quantitative estimate of drug-likeness (QED) is 0.776. The first-order chi connectivity index (χ1) is 7.57. The fourth-order valence-corrected chi connectivity index (χ4v) is 2.71. The molecule has 0 saturated heterocycles. The third kappa shape index (κ3) is 4.34. The van der Waals surface area contributed by atoms with Crippen molar-refractivity contribution in [1.82, 2.24) is 5.32 Å². The number of hydrogen-bond acceptors (Lipinski definition) is 3. The van der Waals surface area contributed by atoms with Crippen LogP contribution in [-0.4, -0.2) is 29.5 Å². The average Bonchev–Trinajstić information content (AvgIpc) is 2.26. The molecule has 3 nitrogen and oxygen atoms in total. The van der Waals surface area contributed by atoms with Crippen LogP contribution in [0.1, 0.15) is 45.4 Å². The molecular formula is C12H24N2OS. The number of amides is 1. The van der Waals surface area contributed by atoms with Crippen molar-refractivity contribution in [1.29, 1.82) is 0 Å². The zero-order valence-corrected chi connectivity index (χ0v) is 11.2. The Kier molecular flexibility index (Phi) is 5.62. The van der Waals surface area contributed by atoms with Crippen molar-refractivity contribution in [3.63, 3.8) is 0 Å². The van der Waals surface area contributed by atoms with Crippen molar-refractivity contribution in [3.8, 4) is 0 Å². The van der Waals surface area contributed by atoms with E-state index in [9.17, 15) is 4.79 Å². The average molecular weight is 244 g/mol. The first-order valence-corrected chi connectivity index (χ1v) is 7.53. The Morgan fingerprint density at radius 3 is 2.62 bits per heavy atom. The molecule has 0 aromatic carbocycles. The molecule has 1 atom stereocenters. The standard InChI is InChI=1S/C12H24N2OS/c1-12(7-4-3-5-8-12)14-11(15)10(13)6-9-16-2/h10H,3-9,13H2,1-2H3,(H,14,15)/t10-/m1/s1. The first kappa shape index (κ1) is 13.8. The van der Waals surface area contributed by atoms with Crippen molar-refractivity contribution < 1.29 is 4.79 Å². The predicted octanol–water partition coefficient (Wildman–Crippen LogP) is 1.91. The number of rotatable bonds is 5. The van der Waals surface area contributed by atoms with E-state index in [-0.39, 0.29) is 17.5 Å². The van der Waals surface area contributed by atoms with Gasteiger partial charge in [-0.05, 0) is 38.2 Å². The summed E-state index contributed by atoms with van der Waals surface area (Å²) >= 11 is 1.73. The van der Waals surface area contributed by atoms with Crippen molar-refractivity contribution in [2.45, 2.75) is 57.0 Å². The summed E-state index contributed by atoms with van der Waals surface area (Å²) in [6.45, 7) is 2.14. The lowest BCUT2D eigenvalue weighted by Crippen LogP contribution is -2.53. The smallest absolute Gasteiger partial charge is 0.237 e. The molecule has 0 radical (unpaired) electrons.